The van der Waals surface area contributed by atoms with Crippen LogP contribution in [0.4, 0.5) is 10.1 Å². The van der Waals surface area contributed by atoms with Gasteiger partial charge in [-0.15, -0.1) is 0 Å². The van der Waals surface area contributed by atoms with Gasteiger partial charge >= 0.3 is 0 Å². The van der Waals surface area contributed by atoms with Crippen LogP contribution in [0.15, 0.2) is 59.5 Å². The number of hydrogen-bond acceptors (Lipinski definition) is 3. The van der Waals surface area contributed by atoms with Gasteiger partial charge in [-0.3, -0.25) is 4.79 Å². The van der Waals surface area contributed by atoms with E-state index in [4.69, 9.17) is 0 Å². The van der Waals surface area contributed by atoms with Crippen molar-refractivity contribution in [1.82, 2.24) is 4.31 Å². The molecule has 1 N–H and O–H groups in total. The minimum atomic E-state index is -3.66. The van der Waals surface area contributed by atoms with Gasteiger partial charge in [0, 0.05) is 19.2 Å². The summed E-state index contributed by atoms with van der Waals surface area (Å²) in [4.78, 5) is 12.3. The first-order valence-corrected chi connectivity index (χ1v) is 10.2. The van der Waals surface area contributed by atoms with Gasteiger partial charge in [0.2, 0.25) is 15.9 Å². The molecule has 0 aromatic heterocycles. The summed E-state index contributed by atoms with van der Waals surface area (Å²) < 4.78 is 40.2. The SMILES string of the molecule is O=C(/C=C/c1ccc(F)cc1)Nc1ccccc1S(=O)(=O)N1CCCCC1. The number of sulfonamides is 1. The Morgan fingerprint density at radius 1 is 1.00 bits per heavy atom. The molecule has 2 aromatic carbocycles. The Kier molecular flexibility index (Phi) is 6.03. The fourth-order valence-electron chi connectivity index (χ4n) is 2.96. The third-order valence-electron chi connectivity index (χ3n) is 4.37. The summed E-state index contributed by atoms with van der Waals surface area (Å²) in [5, 5.41) is 2.63. The number of anilines is 1. The smallest absolute Gasteiger partial charge is 0.248 e. The molecule has 3 rings (SSSR count). The van der Waals surface area contributed by atoms with Gasteiger partial charge in [0.15, 0.2) is 0 Å². The normalized spacial score (nSPS) is 15.7. The van der Waals surface area contributed by atoms with Gasteiger partial charge in [-0.2, -0.15) is 4.31 Å². The highest BCUT2D eigenvalue weighted by Gasteiger charge is 2.28. The van der Waals surface area contributed by atoms with E-state index in [1.807, 2.05) is 0 Å². The van der Waals surface area contributed by atoms with E-state index in [0.29, 0.717) is 18.7 Å². The van der Waals surface area contributed by atoms with E-state index in [2.05, 4.69) is 5.32 Å². The molecule has 1 heterocycles. The number of piperidine rings is 1. The van der Waals surface area contributed by atoms with Crippen molar-refractivity contribution in [2.75, 3.05) is 18.4 Å². The predicted molar refractivity (Wildman–Crippen MR) is 103 cm³/mol. The highest BCUT2D eigenvalue weighted by atomic mass is 32.2. The average Bonchev–Trinajstić information content (AvgIpc) is 2.68. The number of halogens is 1. The van der Waals surface area contributed by atoms with Crippen LogP contribution in [0.5, 0.6) is 0 Å². The third kappa shape index (κ3) is 4.81. The zero-order chi connectivity index (χ0) is 19.3. The van der Waals surface area contributed by atoms with Crippen molar-refractivity contribution in [3.63, 3.8) is 0 Å². The fraction of sp³-hybridized carbons (Fsp3) is 0.250. The van der Waals surface area contributed by atoms with Gasteiger partial charge < -0.3 is 5.32 Å². The molecule has 0 unspecified atom stereocenters. The predicted octanol–water partition coefficient (Wildman–Crippen LogP) is 3.65. The summed E-state index contributed by atoms with van der Waals surface area (Å²) in [6.45, 7) is 0.990. The van der Waals surface area contributed by atoms with E-state index in [1.165, 1.54) is 34.7 Å². The van der Waals surface area contributed by atoms with Crippen molar-refractivity contribution in [3.8, 4) is 0 Å². The number of benzene rings is 2. The van der Waals surface area contributed by atoms with Crippen molar-refractivity contribution >= 4 is 27.7 Å². The van der Waals surface area contributed by atoms with E-state index >= 15 is 0 Å². The second kappa shape index (κ2) is 8.45. The molecule has 0 bridgehead atoms. The number of nitrogens with one attached hydrogen (secondary N) is 1. The quantitative estimate of drug-likeness (QED) is 0.795. The standard InChI is InChI=1S/C20H21FN2O3S/c21-17-11-8-16(9-12-17)10-13-20(24)22-18-6-2-3-7-19(18)27(25,26)23-14-4-1-5-15-23/h2-3,6-13H,1,4-5,14-15H2,(H,22,24)/b13-10+. The maximum absolute atomic E-state index is 12.9. The van der Waals surface area contributed by atoms with Crippen LogP contribution in [-0.4, -0.2) is 31.7 Å². The van der Waals surface area contributed by atoms with Crippen LogP contribution in [-0.2, 0) is 14.8 Å². The van der Waals surface area contributed by atoms with Gasteiger partial charge in [-0.05, 0) is 48.7 Å². The number of amides is 1. The van der Waals surface area contributed by atoms with Gasteiger partial charge in [0.25, 0.3) is 0 Å². The molecule has 142 valence electrons. The summed E-state index contributed by atoms with van der Waals surface area (Å²) in [5.41, 5.74) is 0.914. The Morgan fingerprint density at radius 2 is 1.67 bits per heavy atom. The second-order valence-electron chi connectivity index (χ2n) is 6.34. The molecular formula is C20H21FN2O3S. The van der Waals surface area contributed by atoms with E-state index in [1.54, 1.807) is 30.3 Å². The van der Waals surface area contributed by atoms with Crippen molar-refractivity contribution in [3.05, 3.63) is 66.0 Å². The molecular weight excluding hydrogens is 367 g/mol. The molecule has 0 spiro atoms. The molecule has 0 radical (unpaired) electrons. The molecule has 5 nitrogen and oxygen atoms in total. The van der Waals surface area contributed by atoms with Crippen LogP contribution < -0.4 is 5.32 Å². The average molecular weight is 388 g/mol. The number of hydrogen-bond donors (Lipinski definition) is 1. The first-order chi connectivity index (χ1) is 13.0. The minimum absolute atomic E-state index is 0.0930. The molecule has 1 saturated heterocycles. The third-order valence-corrected chi connectivity index (χ3v) is 6.33. The maximum Gasteiger partial charge on any atom is 0.248 e. The molecule has 1 aliphatic rings. The summed E-state index contributed by atoms with van der Waals surface area (Å²) in [6, 6.07) is 12.1. The van der Waals surface area contributed by atoms with Crippen molar-refractivity contribution < 1.29 is 17.6 Å². The number of carbonyl (C=O) groups excluding carboxylic acids is 1. The minimum Gasteiger partial charge on any atom is -0.321 e. The number of para-hydroxylation sites is 1. The molecule has 0 saturated carbocycles. The lowest BCUT2D eigenvalue weighted by atomic mass is 10.2. The topological polar surface area (TPSA) is 66.5 Å². The first kappa shape index (κ1) is 19.3. The Morgan fingerprint density at radius 3 is 2.37 bits per heavy atom. The molecule has 0 atom stereocenters. The highest BCUT2D eigenvalue weighted by molar-refractivity contribution is 7.89. The van der Waals surface area contributed by atoms with Gasteiger partial charge in [-0.25, -0.2) is 12.8 Å². The van der Waals surface area contributed by atoms with Crippen LogP contribution in [0.2, 0.25) is 0 Å². The fourth-order valence-corrected chi connectivity index (χ4v) is 4.62. The molecule has 1 amide bonds. The molecule has 27 heavy (non-hydrogen) atoms. The van der Waals surface area contributed by atoms with Crippen molar-refractivity contribution in [1.29, 1.82) is 0 Å². The van der Waals surface area contributed by atoms with Gasteiger partial charge in [0.1, 0.15) is 10.7 Å². The molecule has 0 aliphatic carbocycles. The number of nitrogens with zero attached hydrogens (tertiary/aromatic N) is 1. The highest BCUT2D eigenvalue weighted by Crippen LogP contribution is 2.26. The zero-order valence-electron chi connectivity index (χ0n) is 14.8. The lowest BCUT2D eigenvalue weighted by Crippen LogP contribution is -2.36. The largest absolute Gasteiger partial charge is 0.321 e. The summed E-state index contributed by atoms with van der Waals surface area (Å²) in [6.07, 6.45) is 5.54. The van der Waals surface area contributed by atoms with Crippen LogP contribution in [0.25, 0.3) is 6.08 Å². The maximum atomic E-state index is 12.9. The van der Waals surface area contributed by atoms with E-state index in [9.17, 15) is 17.6 Å². The lowest BCUT2D eigenvalue weighted by molar-refractivity contribution is -0.111. The first-order valence-electron chi connectivity index (χ1n) is 8.80. The molecule has 2 aromatic rings. The summed E-state index contributed by atoms with van der Waals surface area (Å²) in [7, 11) is -3.66. The Balaban J connectivity index is 1.77. The van der Waals surface area contributed by atoms with Gasteiger partial charge in [0.05, 0.1) is 5.69 Å². The summed E-state index contributed by atoms with van der Waals surface area (Å²) >= 11 is 0. The van der Waals surface area contributed by atoms with Crippen LogP contribution in [0.3, 0.4) is 0 Å². The van der Waals surface area contributed by atoms with E-state index in [0.717, 1.165) is 19.3 Å². The van der Waals surface area contributed by atoms with Crippen molar-refractivity contribution in [2.45, 2.75) is 24.2 Å². The molecule has 7 heteroatoms. The van der Waals surface area contributed by atoms with E-state index < -0.39 is 15.9 Å². The van der Waals surface area contributed by atoms with Crippen LogP contribution in [0, 0.1) is 5.82 Å². The Hall–Kier alpha value is -2.51. The van der Waals surface area contributed by atoms with Gasteiger partial charge in [-0.1, -0.05) is 30.7 Å². The van der Waals surface area contributed by atoms with Crippen molar-refractivity contribution in [2.24, 2.45) is 0 Å². The number of carbonyl (C=O) groups is 1. The lowest BCUT2D eigenvalue weighted by Gasteiger charge is -2.26. The van der Waals surface area contributed by atoms with Crippen LogP contribution >= 0.6 is 0 Å². The zero-order valence-corrected chi connectivity index (χ0v) is 15.6. The second-order valence-corrected chi connectivity index (χ2v) is 8.24. The summed E-state index contributed by atoms with van der Waals surface area (Å²) in [5.74, 6) is -0.811. The van der Waals surface area contributed by atoms with Crippen LogP contribution in [0.1, 0.15) is 24.8 Å². The Bertz CT molecular complexity index is 934. The molecule has 1 fully saturated rings. The number of rotatable bonds is 5. The van der Waals surface area contributed by atoms with E-state index in [-0.39, 0.29) is 16.4 Å². The molecule has 1 aliphatic heterocycles. The monoisotopic (exact) mass is 388 g/mol. The Labute approximate surface area is 158 Å².